The molecule has 3 rings (SSSR count). The van der Waals surface area contributed by atoms with Crippen molar-refractivity contribution in [3.8, 4) is 0 Å². The van der Waals surface area contributed by atoms with Gasteiger partial charge in [0, 0.05) is 50.5 Å². The SMILES string of the molecule is CC(c1cnccn1)N1CCN(c2ccccc2)CC1. The largest absolute Gasteiger partial charge is 0.369 e. The number of anilines is 1. The molecule has 20 heavy (non-hydrogen) atoms. The summed E-state index contributed by atoms with van der Waals surface area (Å²) in [5.41, 5.74) is 2.37. The second-order valence-electron chi connectivity index (χ2n) is 5.16. The molecule has 0 aliphatic carbocycles. The van der Waals surface area contributed by atoms with Crippen LogP contribution in [-0.4, -0.2) is 41.0 Å². The van der Waals surface area contributed by atoms with Crippen molar-refractivity contribution in [1.29, 1.82) is 0 Å². The van der Waals surface area contributed by atoms with Gasteiger partial charge in [-0.2, -0.15) is 0 Å². The zero-order valence-corrected chi connectivity index (χ0v) is 11.8. The highest BCUT2D eigenvalue weighted by Crippen LogP contribution is 2.21. The van der Waals surface area contributed by atoms with Crippen molar-refractivity contribution in [3.05, 3.63) is 54.6 Å². The summed E-state index contributed by atoms with van der Waals surface area (Å²) < 4.78 is 0. The van der Waals surface area contributed by atoms with E-state index in [2.05, 4.69) is 57.0 Å². The Hall–Kier alpha value is -1.94. The minimum atomic E-state index is 0.335. The fourth-order valence-corrected chi connectivity index (χ4v) is 2.72. The standard InChI is InChI=1S/C16H20N4/c1-14(16-13-17-7-8-18-16)19-9-11-20(12-10-19)15-5-3-2-4-6-15/h2-8,13-14H,9-12H2,1H3. The normalized spacial score (nSPS) is 17.9. The zero-order valence-electron chi connectivity index (χ0n) is 11.8. The van der Waals surface area contributed by atoms with Crippen LogP contribution in [0.3, 0.4) is 0 Å². The molecule has 4 heteroatoms. The van der Waals surface area contributed by atoms with Crippen LogP contribution in [0.1, 0.15) is 18.7 Å². The van der Waals surface area contributed by atoms with E-state index in [9.17, 15) is 0 Å². The predicted octanol–water partition coefficient (Wildman–Crippen LogP) is 2.36. The summed E-state index contributed by atoms with van der Waals surface area (Å²) in [5, 5.41) is 0. The number of para-hydroxylation sites is 1. The quantitative estimate of drug-likeness (QED) is 0.855. The highest BCUT2D eigenvalue weighted by molar-refractivity contribution is 5.46. The smallest absolute Gasteiger partial charge is 0.0755 e. The van der Waals surface area contributed by atoms with Gasteiger partial charge in [0.15, 0.2) is 0 Å². The van der Waals surface area contributed by atoms with E-state index in [0.29, 0.717) is 6.04 Å². The number of aromatic nitrogens is 2. The van der Waals surface area contributed by atoms with E-state index in [4.69, 9.17) is 0 Å². The Morgan fingerprint density at radius 3 is 2.40 bits per heavy atom. The van der Waals surface area contributed by atoms with Crippen molar-refractivity contribution in [2.24, 2.45) is 0 Å². The van der Waals surface area contributed by atoms with E-state index in [1.165, 1.54) is 5.69 Å². The Morgan fingerprint density at radius 1 is 1.00 bits per heavy atom. The third kappa shape index (κ3) is 2.80. The number of benzene rings is 1. The molecule has 1 atom stereocenters. The highest BCUT2D eigenvalue weighted by atomic mass is 15.3. The zero-order chi connectivity index (χ0) is 13.8. The lowest BCUT2D eigenvalue weighted by Crippen LogP contribution is -2.47. The molecule has 1 aromatic carbocycles. The van der Waals surface area contributed by atoms with Gasteiger partial charge in [-0.05, 0) is 19.1 Å². The van der Waals surface area contributed by atoms with E-state index in [1.807, 2.05) is 6.20 Å². The first-order chi connectivity index (χ1) is 9.84. The summed E-state index contributed by atoms with van der Waals surface area (Å²) in [6.45, 7) is 6.46. The molecule has 1 saturated heterocycles. The van der Waals surface area contributed by atoms with Gasteiger partial charge in [0.25, 0.3) is 0 Å². The lowest BCUT2D eigenvalue weighted by molar-refractivity contribution is 0.195. The lowest BCUT2D eigenvalue weighted by atomic mass is 10.1. The molecule has 0 radical (unpaired) electrons. The lowest BCUT2D eigenvalue weighted by Gasteiger charge is -2.38. The number of hydrogen-bond donors (Lipinski definition) is 0. The average Bonchev–Trinajstić information content (AvgIpc) is 2.56. The van der Waals surface area contributed by atoms with E-state index >= 15 is 0 Å². The summed E-state index contributed by atoms with van der Waals surface area (Å²) >= 11 is 0. The van der Waals surface area contributed by atoms with Crippen molar-refractivity contribution in [2.75, 3.05) is 31.1 Å². The molecule has 1 aromatic heterocycles. The van der Waals surface area contributed by atoms with Crippen LogP contribution in [0.4, 0.5) is 5.69 Å². The molecule has 0 bridgehead atoms. The summed E-state index contributed by atoms with van der Waals surface area (Å²) in [6, 6.07) is 11.0. The van der Waals surface area contributed by atoms with E-state index in [-0.39, 0.29) is 0 Å². The highest BCUT2D eigenvalue weighted by Gasteiger charge is 2.22. The van der Waals surface area contributed by atoms with Crippen LogP contribution in [0.25, 0.3) is 0 Å². The number of piperazine rings is 1. The van der Waals surface area contributed by atoms with Crippen molar-refractivity contribution in [2.45, 2.75) is 13.0 Å². The van der Waals surface area contributed by atoms with Crippen LogP contribution in [-0.2, 0) is 0 Å². The molecular weight excluding hydrogens is 248 g/mol. The summed E-state index contributed by atoms with van der Waals surface area (Å²) in [7, 11) is 0. The second kappa shape index (κ2) is 6.01. The minimum absolute atomic E-state index is 0.335. The van der Waals surface area contributed by atoms with Crippen LogP contribution < -0.4 is 4.90 Å². The predicted molar refractivity (Wildman–Crippen MR) is 80.7 cm³/mol. The number of nitrogens with zero attached hydrogens (tertiary/aromatic N) is 4. The van der Waals surface area contributed by atoms with Crippen LogP contribution >= 0.6 is 0 Å². The molecule has 1 aliphatic rings. The van der Waals surface area contributed by atoms with E-state index < -0.39 is 0 Å². The minimum Gasteiger partial charge on any atom is -0.369 e. The molecule has 2 aromatic rings. The summed E-state index contributed by atoms with van der Waals surface area (Å²) in [5.74, 6) is 0. The van der Waals surface area contributed by atoms with Crippen molar-refractivity contribution < 1.29 is 0 Å². The van der Waals surface area contributed by atoms with Gasteiger partial charge >= 0.3 is 0 Å². The molecule has 0 saturated carbocycles. The van der Waals surface area contributed by atoms with Crippen molar-refractivity contribution >= 4 is 5.69 Å². The van der Waals surface area contributed by atoms with Crippen molar-refractivity contribution in [1.82, 2.24) is 14.9 Å². The first-order valence-corrected chi connectivity index (χ1v) is 7.14. The first-order valence-electron chi connectivity index (χ1n) is 7.14. The molecule has 1 unspecified atom stereocenters. The maximum Gasteiger partial charge on any atom is 0.0755 e. The maximum atomic E-state index is 4.41. The Bertz CT molecular complexity index is 521. The number of hydrogen-bond acceptors (Lipinski definition) is 4. The van der Waals surface area contributed by atoms with Gasteiger partial charge in [0.05, 0.1) is 11.7 Å². The molecule has 2 heterocycles. The van der Waals surface area contributed by atoms with E-state index in [0.717, 1.165) is 31.9 Å². The molecule has 0 amide bonds. The molecular formula is C16H20N4. The van der Waals surface area contributed by atoms with Gasteiger partial charge in [-0.25, -0.2) is 0 Å². The van der Waals surface area contributed by atoms with Gasteiger partial charge < -0.3 is 4.90 Å². The molecule has 0 spiro atoms. The maximum absolute atomic E-state index is 4.41. The fourth-order valence-electron chi connectivity index (χ4n) is 2.72. The van der Waals surface area contributed by atoms with Gasteiger partial charge in [-0.3, -0.25) is 14.9 Å². The molecule has 4 nitrogen and oxygen atoms in total. The molecule has 1 fully saturated rings. The van der Waals surface area contributed by atoms with Crippen LogP contribution in [0.2, 0.25) is 0 Å². The second-order valence-corrected chi connectivity index (χ2v) is 5.16. The van der Waals surface area contributed by atoms with Gasteiger partial charge in [-0.1, -0.05) is 18.2 Å². The van der Waals surface area contributed by atoms with E-state index in [1.54, 1.807) is 12.4 Å². The fraction of sp³-hybridized carbons (Fsp3) is 0.375. The average molecular weight is 268 g/mol. The first kappa shape index (κ1) is 13.1. The molecule has 104 valence electrons. The topological polar surface area (TPSA) is 32.3 Å². The van der Waals surface area contributed by atoms with Crippen LogP contribution in [0, 0.1) is 0 Å². The third-order valence-corrected chi connectivity index (χ3v) is 3.99. The monoisotopic (exact) mass is 268 g/mol. The summed E-state index contributed by atoms with van der Waals surface area (Å²) in [4.78, 5) is 13.5. The molecule has 0 N–H and O–H groups in total. The van der Waals surface area contributed by atoms with Crippen LogP contribution in [0.15, 0.2) is 48.9 Å². The Labute approximate surface area is 120 Å². The number of rotatable bonds is 3. The summed E-state index contributed by atoms with van der Waals surface area (Å²) in [6.07, 6.45) is 5.36. The Balaban J connectivity index is 1.61. The van der Waals surface area contributed by atoms with Crippen molar-refractivity contribution in [3.63, 3.8) is 0 Å². The van der Waals surface area contributed by atoms with Gasteiger partial charge in [-0.15, -0.1) is 0 Å². The Morgan fingerprint density at radius 2 is 1.75 bits per heavy atom. The Kier molecular flexibility index (Phi) is 3.92. The van der Waals surface area contributed by atoms with Crippen LogP contribution in [0.5, 0.6) is 0 Å². The molecule has 1 aliphatic heterocycles. The van der Waals surface area contributed by atoms with Gasteiger partial charge in [0.2, 0.25) is 0 Å². The third-order valence-electron chi connectivity index (χ3n) is 3.99. The van der Waals surface area contributed by atoms with Gasteiger partial charge in [0.1, 0.15) is 0 Å².